The molecule has 3 aliphatic rings. The number of β-lactam (4-membered cyclic amide) rings is 1. The number of nitrogens with two attached hydrogens (primary N) is 1. The first kappa shape index (κ1) is 28.9. The Kier molecular flexibility index (Phi) is 7.30. The van der Waals surface area contributed by atoms with E-state index >= 15 is 0 Å². The summed E-state index contributed by atoms with van der Waals surface area (Å²) in [6, 6.07) is -2.73. The maximum absolute atomic E-state index is 13.3. The van der Waals surface area contributed by atoms with Gasteiger partial charge in [-0.25, -0.2) is 14.1 Å². The Bertz CT molecular complexity index is 1710. The minimum Gasteiger partial charge on any atom is -0.478 e. The van der Waals surface area contributed by atoms with Gasteiger partial charge in [0.05, 0.1) is 30.2 Å². The molecule has 0 unspecified atom stereocenters. The number of oxime groups is 1. The molecule has 0 bridgehead atoms. The number of fused-ring (bicyclic) bond motifs is 1. The summed E-state index contributed by atoms with van der Waals surface area (Å²) in [6.45, 7) is 1.29. The third-order valence-corrected chi connectivity index (χ3v) is 9.86. The van der Waals surface area contributed by atoms with E-state index < -0.39 is 51.5 Å². The van der Waals surface area contributed by atoms with Gasteiger partial charge in [-0.1, -0.05) is 5.16 Å². The summed E-state index contributed by atoms with van der Waals surface area (Å²) in [7, 11) is -4.99. The van der Waals surface area contributed by atoms with Crippen molar-refractivity contribution in [3.8, 4) is 0 Å². The van der Waals surface area contributed by atoms with Crippen LogP contribution in [-0.4, -0.2) is 98.5 Å². The number of anilines is 1. The molecule has 228 valence electrons. The number of hydrogen-bond donors (Lipinski definition) is 4. The summed E-state index contributed by atoms with van der Waals surface area (Å²) >= 11 is 2.64. The van der Waals surface area contributed by atoms with Gasteiger partial charge in [0.1, 0.15) is 24.3 Å². The van der Waals surface area contributed by atoms with Gasteiger partial charge in [-0.05, 0) is 4.98 Å². The van der Waals surface area contributed by atoms with Crippen molar-refractivity contribution < 1.29 is 42.0 Å². The van der Waals surface area contributed by atoms with Gasteiger partial charge in [-0.15, -0.1) is 23.1 Å². The lowest BCUT2D eigenvalue weighted by atomic mass is 9.98. The number of thioether (sulfide) groups is 1. The van der Waals surface area contributed by atoms with Crippen molar-refractivity contribution in [2.75, 3.05) is 5.73 Å². The molecule has 6 rings (SSSR count). The van der Waals surface area contributed by atoms with Gasteiger partial charge in [0, 0.05) is 24.0 Å². The smallest absolute Gasteiger partial charge is 0.362 e. The third kappa shape index (κ3) is 5.77. The number of carboxylic acid groups (broad SMARTS) is 1. The molecule has 43 heavy (non-hydrogen) atoms. The van der Waals surface area contributed by atoms with Crippen molar-refractivity contribution >= 4 is 62.0 Å². The highest BCUT2D eigenvalue weighted by atomic mass is 32.2. The fourth-order valence-electron chi connectivity index (χ4n) is 4.60. The number of carboxylic acids is 1. The van der Waals surface area contributed by atoms with Crippen LogP contribution in [0.4, 0.5) is 5.13 Å². The normalized spacial score (nSPS) is 22.6. The van der Waals surface area contributed by atoms with E-state index in [4.69, 9.17) is 10.6 Å². The van der Waals surface area contributed by atoms with E-state index in [1.165, 1.54) is 16.4 Å². The number of carbonyl (C=O) groups excluding carboxylic acids is 2. The van der Waals surface area contributed by atoms with E-state index in [0.717, 1.165) is 24.4 Å². The highest BCUT2D eigenvalue weighted by molar-refractivity contribution is 7.99. The number of thiazole rings is 1. The van der Waals surface area contributed by atoms with Gasteiger partial charge < -0.3 is 21.0 Å². The molecule has 2 amide bonds. The molecule has 3 aromatic rings. The van der Waals surface area contributed by atoms with Gasteiger partial charge in [0.2, 0.25) is 11.9 Å². The SMILES string of the molecule is Nc1nc(C(=NOC2(C(=O)O)CC2)C(=O)N[C@@H]2C(=O)N(S(=O)(=O)O)[C@@H]2Cn2ncc(CSC3Cn4cnc[n+]4C3)n2)cs1. The van der Waals surface area contributed by atoms with Crippen LogP contribution >= 0.6 is 23.1 Å². The van der Waals surface area contributed by atoms with E-state index in [-0.39, 0.29) is 34.5 Å². The second kappa shape index (κ2) is 10.8. The summed E-state index contributed by atoms with van der Waals surface area (Å²) in [5.41, 5.74) is 4.19. The fourth-order valence-corrected chi connectivity index (χ4v) is 7.07. The standard InChI is InChI=1S/C21H23N11O8S3/c22-20-25-13(8-42-20)15(28-40-21(1-2-21)19(35)36)17(33)26-16-14(32(18(16)34)43(37,38)39)6-31-24-3-11(27-31)7-41-12-4-29-9-23-10-30(29)5-12/h3,8-10,12,14,16H,1-2,4-7H2,(H4-,22,25,26,33,35,36,37,38,39)/p+1/t14-,16+/m1/s1. The summed E-state index contributed by atoms with van der Waals surface area (Å²) in [4.78, 5) is 51.9. The monoisotopic (exact) mass is 654 g/mol. The van der Waals surface area contributed by atoms with Gasteiger partial charge in [-0.2, -0.15) is 32.8 Å². The average Bonchev–Trinajstić information content (AvgIpc) is 3.31. The minimum absolute atomic E-state index is 0.0447. The second-order valence-electron chi connectivity index (χ2n) is 9.98. The number of rotatable bonds is 12. The van der Waals surface area contributed by atoms with Crippen LogP contribution in [0.25, 0.3) is 0 Å². The Hall–Kier alpha value is -4.15. The van der Waals surface area contributed by atoms with Crippen molar-refractivity contribution in [3.05, 3.63) is 35.6 Å². The van der Waals surface area contributed by atoms with E-state index in [1.54, 1.807) is 24.4 Å². The van der Waals surface area contributed by atoms with Crippen molar-refractivity contribution in [2.24, 2.45) is 5.16 Å². The first-order chi connectivity index (χ1) is 20.4. The van der Waals surface area contributed by atoms with Gasteiger partial charge >= 0.3 is 22.6 Å². The summed E-state index contributed by atoms with van der Waals surface area (Å²) in [5.74, 6) is -2.86. The molecule has 5 N–H and O–H groups in total. The second-order valence-corrected chi connectivity index (χ2v) is 13.4. The molecule has 0 radical (unpaired) electrons. The van der Waals surface area contributed by atoms with Gasteiger partial charge in [-0.3, -0.25) is 14.1 Å². The third-order valence-electron chi connectivity index (χ3n) is 7.00. The number of amides is 2. The average molecular weight is 655 g/mol. The number of aromatic nitrogens is 7. The first-order valence-corrected chi connectivity index (χ1v) is 16.0. The lowest BCUT2D eigenvalue weighted by Crippen LogP contribution is -2.73. The van der Waals surface area contributed by atoms with Crippen LogP contribution in [-0.2, 0) is 54.9 Å². The predicted octanol–water partition coefficient (Wildman–Crippen LogP) is -2.35. The van der Waals surface area contributed by atoms with Crippen LogP contribution in [0.5, 0.6) is 0 Å². The van der Waals surface area contributed by atoms with Crippen molar-refractivity contribution in [1.29, 1.82) is 0 Å². The molecule has 0 aromatic carbocycles. The van der Waals surface area contributed by atoms with E-state index in [0.29, 0.717) is 16.7 Å². The fraction of sp³-hybridized carbons (Fsp3) is 0.476. The first-order valence-electron chi connectivity index (χ1n) is 12.7. The Balaban J connectivity index is 1.15. The lowest BCUT2D eigenvalue weighted by molar-refractivity contribution is -0.758. The molecule has 2 fully saturated rings. The molecule has 5 heterocycles. The summed E-state index contributed by atoms with van der Waals surface area (Å²) in [5, 5.41) is 25.8. The van der Waals surface area contributed by atoms with Crippen LogP contribution in [0.2, 0.25) is 0 Å². The summed E-state index contributed by atoms with van der Waals surface area (Å²) in [6.07, 6.45) is 5.36. The number of nitrogen functional groups attached to an aromatic ring is 1. The molecule has 1 aliphatic carbocycles. The predicted molar refractivity (Wildman–Crippen MR) is 145 cm³/mol. The maximum atomic E-state index is 13.3. The van der Waals surface area contributed by atoms with Gasteiger partial charge in [0.15, 0.2) is 10.8 Å². The molecule has 2 aliphatic heterocycles. The van der Waals surface area contributed by atoms with Crippen molar-refractivity contribution in [1.82, 2.24) is 39.3 Å². The molecular weight excluding hydrogens is 631 g/mol. The Labute approximate surface area is 250 Å². The largest absolute Gasteiger partial charge is 0.478 e. The molecule has 1 saturated heterocycles. The molecule has 22 heteroatoms. The van der Waals surface area contributed by atoms with Crippen LogP contribution in [0.15, 0.2) is 29.4 Å². The van der Waals surface area contributed by atoms with Crippen LogP contribution in [0, 0.1) is 0 Å². The minimum atomic E-state index is -4.99. The van der Waals surface area contributed by atoms with E-state index in [9.17, 15) is 32.5 Å². The number of carbonyl (C=O) groups is 3. The number of hydrogen-bond acceptors (Lipinski definition) is 14. The molecule has 19 nitrogen and oxygen atoms in total. The topological polar surface area (TPSA) is 254 Å². The molecule has 0 spiro atoms. The molecule has 3 aromatic heterocycles. The Morgan fingerprint density at radius 3 is 2.81 bits per heavy atom. The number of aliphatic carboxylic acids is 1. The quantitative estimate of drug-likeness (QED) is 0.0525. The number of nitrogens with one attached hydrogen (secondary N) is 1. The van der Waals surface area contributed by atoms with Gasteiger partial charge in [0.25, 0.3) is 11.8 Å². The molecule has 2 atom stereocenters. The Morgan fingerprint density at radius 1 is 1.37 bits per heavy atom. The zero-order chi connectivity index (χ0) is 30.5. The lowest BCUT2D eigenvalue weighted by Gasteiger charge is -2.43. The Morgan fingerprint density at radius 2 is 2.16 bits per heavy atom. The van der Waals surface area contributed by atoms with Crippen molar-refractivity contribution in [3.63, 3.8) is 0 Å². The summed E-state index contributed by atoms with van der Waals surface area (Å²) < 4.78 is 37.9. The van der Waals surface area contributed by atoms with E-state index in [2.05, 4.69) is 30.6 Å². The zero-order valence-corrected chi connectivity index (χ0v) is 24.4. The van der Waals surface area contributed by atoms with Crippen LogP contribution in [0.3, 0.4) is 0 Å². The molecular formula is C21H24N11O8S3+. The van der Waals surface area contributed by atoms with Crippen LogP contribution in [0.1, 0.15) is 24.2 Å². The highest BCUT2D eigenvalue weighted by Gasteiger charge is 2.56. The zero-order valence-electron chi connectivity index (χ0n) is 22.0. The van der Waals surface area contributed by atoms with Crippen LogP contribution < -0.4 is 15.7 Å². The van der Waals surface area contributed by atoms with Crippen molar-refractivity contribution in [2.45, 2.75) is 61.2 Å². The highest BCUT2D eigenvalue weighted by Crippen LogP contribution is 2.40. The molecule has 1 saturated carbocycles. The van der Waals surface area contributed by atoms with E-state index in [1.807, 2.05) is 9.36 Å². The number of nitrogens with zero attached hydrogens (tertiary/aromatic N) is 9. The maximum Gasteiger partial charge on any atom is 0.362 e.